The SMILES string of the molecule is O=[N+]([O-])c1cc(Cl)ccc1N=P(c1ccccc1)(c1ccccc1)c1ccccc1. The Morgan fingerprint density at radius 2 is 1.13 bits per heavy atom. The highest BCUT2D eigenvalue weighted by Gasteiger charge is 2.29. The molecule has 0 saturated heterocycles. The van der Waals surface area contributed by atoms with Crippen LogP contribution in [-0.2, 0) is 0 Å². The highest BCUT2D eigenvalue weighted by Crippen LogP contribution is 2.50. The molecule has 0 unspecified atom stereocenters. The van der Waals surface area contributed by atoms with Crippen LogP contribution in [0.2, 0.25) is 5.02 Å². The van der Waals surface area contributed by atoms with Gasteiger partial charge in [0.2, 0.25) is 0 Å². The quantitative estimate of drug-likeness (QED) is 0.219. The van der Waals surface area contributed by atoms with E-state index in [2.05, 4.69) is 0 Å². The number of nitro groups is 1. The Hall–Kier alpha value is -3.20. The minimum atomic E-state index is -2.58. The largest absolute Gasteiger partial charge is 0.296 e. The zero-order chi connectivity index (χ0) is 21.0. The number of hydrogen-bond donors (Lipinski definition) is 0. The van der Waals surface area contributed by atoms with Crippen LogP contribution in [-0.4, -0.2) is 4.92 Å². The molecule has 0 bridgehead atoms. The van der Waals surface area contributed by atoms with Crippen molar-refractivity contribution in [3.8, 4) is 0 Å². The molecule has 0 spiro atoms. The molecule has 4 aromatic carbocycles. The summed E-state index contributed by atoms with van der Waals surface area (Å²) < 4.78 is 5.17. The highest BCUT2D eigenvalue weighted by molar-refractivity contribution is 7.87. The Labute approximate surface area is 180 Å². The number of rotatable bonds is 5. The van der Waals surface area contributed by atoms with Crippen LogP contribution < -0.4 is 15.9 Å². The van der Waals surface area contributed by atoms with Crippen molar-refractivity contribution in [1.82, 2.24) is 0 Å². The lowest BCUT2D eigenvalue weighted by Gasteiger charge is -2.26. The molecular formula is C24H18ClN2O2P. The summed E-state index contributed by atoms with van der Waals surface area (Å²) in [6.45, 7) is 0. The standard InChI is InChI=1S/C24H18ClN2O2P/c25-19-16-17-23(24(18-19)27(28)29)26-30(20-10-4-1-5-11-20,21-12-6-2-7-13-21)22-14-8-3-9-15-22/h1-18H. The van der Waals surface area contributed by atoms with Crippen molar-refractivity contribution in [3.05, 3.63) is 124 Å². The Morgan fingerprint density at radius 3 is 1.53 bits per heavy atom. The molecule has 0 aliphatic rings. The van der Waals surface area contributed by atoms with Crippen LogP contribution in [0.25, 0.3) is 0 Å². The minimum Gasteiger partial charge on any atom is -0.258 e. The van der Waals surface area contributed by atoms with E-state index in [1.165, 1.54) is 6.07 Å². The summed E-state index contributed by atoms with van der Waals surface area (Å²) in [4.78, 5) is 11.3. The summed E-state index contributed by atoms with van der Waals surface area (Å²) in [5, 5.41) is 15.1. The van der Waals surface area contributed by atoms with Crippen LogP contribution in [0.15, 0.2) is 114 Å². The van der Waals surface area contributed by atoms with Gasteiger partial charge >= 0.3 is 0 Å². The fourth-order valence-electron chi connectivity index (χ4n) is 3.44. The van der Waals surface area contributed by atoms with Crippen molar-refractivity contribution in [2.24, 2.45) is 4.74 Å². The molecule has 0 aromatic heterocycles. The molecule has 30 heavy (non-hydrogen) atoms. The number of nitro benzene ring substituents is 1. The van der Waals surface area contributed by atoms with Crippen molar-refractivity contribution in [1.29, 1.82) is 0 Å². The van der Waals surface area contributed by atoms with Crippen LogP contribution >= 0.6 is 18.7 Å². The molecule has 4 nitrogen and oxygen atoms in total. The van der Waals surface area contributed by atoms with E-state index in [0.29, 0.717) is 10.7 Å². The summed E-state index contributed by atoms with van der Waals surface area (Å²) in [5.74, 6) is 0. The molecule has 148 valence electrons. The minimum absolute atomic E-state index is 0.102. The monoisotopic (exact) mass is 432 g/mol. The Bertz CT molecular complexity index is 1130. The predicted octanol–water partition coefficient (Wildman–Crippen LogP) is 6.06. The van der Waals surface area contributed by atoms with Crippen LogP contribution in [0.1, 0.15) is 0 Å². The lowest BCUT2D eigenvalue weighted by Crippen LogP contribution is -2.25. The molecule has 0 aliphatic heterocycles. The molecule has 0 fully saturated rings. The van der Waals surface area contributed by atoms with E-state index in [-0.39, 0.29) is 5.69 Å². The van der Waals surface area contributed by atoms with Gasteiger partial charge in [0.05, 0.1) is 12.0 Å². The van der Waals surface area contributed by atoms with Gasteiger partial charge in [0.25, 0.3) is 5.69 Å². The average molecular weight is 433 g/mol. The Kier molecular flexibility index (Phi) is 5.80. The van der Waals surface area contributed by atoms with Crippen LogP contribution in [0.3, 0.4) is 0 Å². The van der Waals surface area contributed by atoms with Gasteiger partial charge in [-0.15, -0.1) is 0 Å². The fourth-order valence-corrected chi connectivity index (χ4v) is 7.15. The third-order valence-electron chi connectivity index (χ3n) is 4.78. The first-order chi connectivity index (χ1) is 14.6. The first-order valence-corrected chi connectivity index (χ1v) is 11.5. The third kappa shape index (κ3) is 3.80. The molecule has 0 amide bonds. The zero-order valence-corrected chi connectivity index (χ0v) is 17.6. The van der Waals surface area contributed by atoms with Gasteiger partial charge in [-0.2, -0.15) is 0 Å². The van der Waals surface area contributed by atoms with Gasteiger partial charge in [-0.25, -0.2) is 4.74 Å². The van der Waals surface area contributed by atoms with E-state index in [1.54, 1.807) is 12.1 Å². The summed E-state index contributed by atoms with van der Waals surface area (Å²) in [7, 11) is -2.58. The average Bonchev–Trinajstić information content (AvgIpc) is 2.80. The first kappa shape index (κ1) is 20.1. The molecular weight excluding hydrogens is 415 g/mol. The second-order valence-electron chi connectivity index (χ2n) is 6.63. The van der Waals surface area contributed by atoms with Crippen molar-refractivity contribution < 1.29 is 4.92 Å². The molecule has 0 saturated carbocycles. The number of benzene rings is 4. The van der Waals surface area contributed by atoms with Gasteiger partial charge in [0.15, 0.2) is 0 Å². The molecule has 4 aromatic rings. The van der Waals surface area contributed by atoms with E-state index in [9.17, 15) is 10.1 Å². The van der Waals surface area contributed by atoms with Crippen LogP contribution in [0, 0.1) is 10.1 Å². The maximum atomic E-state index is 11.8. The Morgan fingerprint density at radius 1 is 0.700 bits per heavy atom. The van der Waals surface area contributed by atoms with Gasteiger partial charge in [0, 0.05) is 27.0 Å². The number of hydrogen-bond acceptors (Lipinski definition) is 3. The van der Waals surface area contributed by atoms with Crippen molar-refractivity contribution >= 4 is 45.9 Å². The molecule has 0 radical (unpaired) electrons. The van der Waals surface area contributed by atoms with Gasteiger partial charge in [-0.05, 0) is 12.1 Å². The van der Waals surface area contributed by atoms with Gasteiger partial charge in [-0.3, -0.25) is 10.1 Å². The Balaban J connectivity index is 2.17. The number of nitrogens with zero attached hydrogens (tertiary/aromatic N) is 2. The van der Waals surface area contributed by atoms with Gasteiger partial charge in [0.1, 0.15) is 5.69 Å². The fraction of sp³-hybridized carbons (Fsp3) is 0. The molecule has 0 heterocycles. The molecule has 0 N–H and O–H groups in total. The highest BCUT2D eigenvalue weighted by atomic mass is 35.5. The molecule has 0 aliphatic carbocycles. The molecule has 4 rings (SSSR count). The lowest BCUT2D eigenvalue weighted by atomic mass is 10.3. The lowest BCUT2D eigenvalue weighted by molar-refractivity contribution is -0.384. The maximum absolute atomic E-state index is 11.8. The van der Waals surface area contributed by atoms with E-state index >= 15 is 0 Å². The predicted molar refractivity (Wildman–Crippen MR) is 125 cm³/mol. The maximum Gasteiger partial charge on any atom is 0.296 e. The molecule has 0 atom stereocenters. The van der Waals surface area contributed by atoms with E-state index in [1.807, 2.05) is 91.0 Å². The van der Waals surface area contributed by atoms with Gasteiger partial charge < -0.3 is 0 Å². The molecule has 6 heteroatoms. The van der Waals surface area contributed by atoms with Crippen molar-refractivity contribution in [3.63, 3.8) is 0 Å². The first-order valence-electron chi connectivity index (χ1n) is 9.34. The summed E-state index contributed by atoms with van der Waals surface area (Å²) in [6, 6.07) is 34.6. The van der Waals surface area contributed by atoms with E-state index in [4.69, 9.17) is 16.3 Å². The normalized spacial score (nSPS) is 11.1. The smallest absolute Gasteiger partial charge is 0.258 e. The van der Waals surface area contributed by atoms with Crippen LogP contribution in [0.5, 0.6) is 0 Å². The summed E-state index contributed by atoms with van der Waals surface area (Å²) in [5.41, 5.74) is 0.212. The second kappa shape index (κ2) is 8.66. The van der Waals surface area contributed by atoms with Crippen molar-refractivity contribution in [2.75, 3.05) is 0 Å². The summed E-state index contributed by atoms with van der Waals surface area (Å²) in [6.07, 6.45) is 0. The summed E-state index contributed by atoms with van der Waals surface area (Å²) >= 11 is 6.05. The zero-order valence-electron chi connectivity index (χ0n) is 15.9. The topological polar surface area (TPSA) is 55.5 Å². The van der Waals surface area contributed by atoms with Crippen LogP contribution in [0.4, 0.5) is 11.4 Å². The third-order valence-corrected chi connectivity index (χ3v) is 8.67. The van der Waals surface area contributed by atoms with Gasteiger partial charge in [-0.1, -0.05) is 103 Å². The second-order valence-corrected chi connectivity index (χ2v) is 10.1. The van der Waals surface area contributed by atoms with E-state index < -0.39 is 12.0 Å². The van der Waals surface area contributed by atoms with Crippen molar-refractivity contribution in [2.45, 2.75) is 0 Å². The van der Waals surface area contributed by atoms with E-state index in [0.717, 1.165) is 15.9 Å². The number of halogens is 1.